The third-order valence-corrected chi connectivity index (χ3v) is 4.42. The van der Waals surface area contributed by atoms with Gasteiger partial charge in [-0.25, -0.2) is 0 Å². The summed E-state index contributed by atoms with van der Waals surface area (Å²) in [7, 11) is 0. The van der Waals surface area contributed by atoms with E-state index in [1.807, 2.05) is 24.3 Å². The van der Waals surface area contributed by atoms with E-state index >= 15 is 0 Å². The van der Waals surface area contributed by atoms with E-state index in [4.69, 9.17) is 0 Å². The lowest BCUT2D eigenvalue weighted by Gasteiger charge is -2.07. The van der Waals surface area contributed by atoms with Gasteiger partial charge in [-0.2, -0.15) is 0 Å². The van der Waals surface area contributed by atoms with E-state index < -0.39 is 0 Å². The standard InChI is InChI=1S/C19H17N3O2/c1-2-11-4-3-5-14-15(10-20-18(11)14)19(24)21-13-7-6-12-8-17(23)22-16(12)9-13/h3-7,9-10,20H,2,8H2,1H3,(H,21,24)(H,22,23). The second kappa shape index (κ2) is 5.53. The fourth-order valence-corrected chi connectivity index (χ4v) is 3.19. The Labute approximate surface area is 139 Å². The van der Waals surface area contributed by atoms with Gasteiger partial charge in [0.2, 0.25) is 5.91 Å². The van der Waals surface area contributed by atoms with Crippen molar-refractivity contribution in [2.24, 2.45) is 0 Å². The fourth-order valence-electron chi connectivity index (χ4n) is 3.19. The minimum Gasteiger partial charge on any atom is -0.360 e. The van der Waals surface area contributed by atoms with Gasteiger partial charge >= 0.3 is 0 Å². The molecular formula is C19H17N3O2. The van der Waals surface area contributed by atoms with Crippen LogP contribution in [0.25, 0.3) is 10.9 Å². The molecule has 1 aliphatic rings. The lowest BCUT2D eigenvalue weighted by Crippen LogP contribution is -2.11. The van der Waals surface area contributed by atoms with Gasteiger partial charge in [0.1, 0.15) is 0 Å². The molecule has 2 aromatic carbocycles. The van der Waals surface area contributed by atoms with Crippen LogP contribution in [0.4, 0.5) is 11.4 Å². The molecule has 24 heavy (non-hydrogen) atoms. The number of aromatic amines is 1. The molecule has 0 saturated carbocycles. The molecule has 4 rings (SSSR count). The Morgan fingerprint density at radius 3 is 2.96 bits per heavy atom. The number of aromatic nitrogens is 1. The highest BCUT2D eigenvalue weighted by atomic mass is 16.2. The molecule has 2 amide bonds. The van der Waals surface area contributed by atoms with E-state index in [0.717, 1.165) is 28.6 Å². The lowest BCUT2D eigenvalue weighted by atomic mass is 10.1. The summed E-state index contributed by atoms with van der Waals surface area (Å²) in [5.74, 6) is -0.184. The molecule has 0 unspecified atom stereocenters. The van der Waals surface area contributed by atoms with E-state index in [1.54, 1.807) is 12.3 Å². The molecule has 0 bridgehead atoms. The maximum Gasteiger partial charge on any atom is 0.257 e. The minimum absolute atomic E-state index is 0.0165. The van der Waals surface area contributed by atoms with Gasteiger partial charge in [-0.3, -0.25) is 9.59 Å². The zero-order valence-electron chi connectivity index (χ0n) is 13.3. The SMILES string of the molecule is CCc1cccc2c(C(=O)Nc3ccc4c(c3)NC(=O)C4)c[nH]c12. The van der Waals surface area contributed by atoms with E-state index in [2.05, 4.69) is 28.6 Å². The topological polar surface area (TPSA) is 74.0 Å². The summed E-state index contributed by atoms with van der Waals surface area (Å²) in [5, 5.41) is 6.62. The van der Waals surface area contributed by atoms with Crippen LogP contribution in [-0.2, 0) is 17.6 Å². The highest BCUT2D eigenvalue weighted by Crippen LogP contribution is 2.27. The van der Waals surface area contributed by atoms with Crippen LogP contribution in [-0.4, -0.2) is 16.8 Å². The van der Waals surface area contributed by atoms with Crippen LogP contribution >= 0.6 is 0 Å². The van der Waals surface area contributed by atoms with Crippen molar-refractivity contribution >= 4 is 34.1 Å². The average Bonchev–Trinajstić information content (AvgIpc) is 3.16. The van der Waals surface area contributed by atoms with Gasteiger partial charge in [-0.1, -0.05) is 31.2 Å². The van der Waals surface area contributed by atoms with Crippen molar-refractivity contribution in [3.8, 4) is 0 Å². The van der Waals surface area contributed by atoms with Crippen molar-refractivity contribution in [2.45, 2.75) is 19.8 Å². The summed E-state index contributed by atoms with van der Waals surface area (Å²) in [6, 6.07) is 11.5. The number of nitrogens with one attached hydrogen (secondary N) is 3. The Morgan fingerprint density at radius 1 is 1.25 bits per heavy atom. The van der Waals surface area contributed by atoms with Crippen molar-refractivity contribution in [3.05, 3.63) is 59.3 Å². The van der Waals surface area contributed by atoms with Gasteiger partial charge in [0, 0.05) is 28.5 Å². The van der Waals surface area contributed by atoms with E-state index in [9.17, 15) is 9.59 Å². The highest BCUT2D eigenvalue weighted by Gasteiger charge is 2.19. The van der Waals surface area contributed by atoms with Crippen LogP contribution in [0.15, 0.2) is 42.6 Å². The molecule has 0 radical (unpaired) electrons. The largest absolute Gasteiger partial charge is 0.360 e. The summed E-state index contributed by atoms with van der Waals surface area (Å²) in [6.45, 7) is 2.09. The summed E-state index contributed by atoms with van der Waals surface area (Å²) in [6.07, 6.45) is 3.05. The summed E-state index contributed by atoms with van der Waals surface area (Å²) in [4.78, 5) is 27.3. The van der Waals surface area contributed by atoms with Crippen molar-refractivity contribution in [1.82, 2.24) is 4.98 Å². The fraction of sp³-hybridized carbons (Fsp3) is 0.158. The molecule has 5 heteroatoms. The number of hydrogen-bond acceptors (Lipinski definition) is 2. The predicted octanol–water partition coefficient (Wildman–Crippen LogP) is 3.48. The number of aryl methyl sites for hydroxylation is 1. The number of carbonyl (C=O) groups excluding carboxylic acids is 2. The van der Waals surface area contributed by atoms with Gasteiger partial charge < -0.3 is 15.6 Å². The quantitative estimate of drug-likeness (QED) is 0.691. The first kappa shape index (κ1) is 14.5. The number of fused-ring (bicyclic) bond motifs is 2. The minimum atomic E-state index is -0.168. The maximum atomic E-state index is 12.6. The van der Waals surface area contributed by atoms with Crippen molar-refractivity contribution in [3.63, 3.8) is 0 Å². The first-order valence-corrected chi connectivity index (χ1v) is 7.99. The number of carbonyl (C=O) groups is 2. The first-order valence-electron chi connectivity index (χ1n) is 7.99. The third-order valence-electron chi connectivity index (χ3n) is 4.42. The van der Waals surface area contributed by atoms with Gasteiger partial charge in [-0.15, -0.1) is 0 Å². The molecule has 120 valence electrons. The Balaban J connectivity index is 1.64. The van der Waals surface area contributed by atoms with Crippen LogP contribution in [0.5, 0.6) is 0 Å². The number of rotatable bonds is 3. The Morgan fingerprint density at radius 2 is 2.12 bits per heavy atom. The Kier molecular flexibility index (Phi) is 3.34. The molecule has 5 nitrogen and oxygen atoms in total. The van der Waals surface area contributed by atoms with Gasteiger partial charge in [0.25, 0.3) is 5.91 Å². The molecule has 3 N–H and O–H groups in total. The van der Waals surface area contributed by atoms with E-state index in [0.29, 0.717) is 17.7 Å². The second-order valence-corrected chi connectivity index (χ2v) is 5.95. The molecule has 3 aromatic rings. The molecular weight excluding hydrogens is 302 g/mol. The number of hydrogen-bond donors (Lipinski definition) is 3. The zero-order chi connectivity index (χ0) is 16.7. The molecule has 0 fully saturated rings. The van der Waals surface area contributed by atoms with Gasteiger partial charge in [0.05, 0.1) is 12.0 Å². The summed E-state index contributed by atoms with van der Waals surface area (Å²) >= 11 is 0. The number of anilines is 2. The van der Waals surface area contributed by atoms with Crippen molar-refractivity contribution in [1.29, 1.82) is 0 Å². The monoisotopic (exact) mass is 319 g/mol. The van der Waals surface area contributed by atoms with Crippen LogP contribution < -0.4 is 10.6 Å². The van der Waals surface area contributed by atoms with Gasteiger partial charge in [-0.05, 0) is 29.7 Å². The normalized spacial score (nSPS) is 13.0. The van der Waals surface area contributed by atoms with Crippen LogP contribution in [0.3, 0.4) is 0 Å². The zero-order valence-corrected chi connectivity index (χ0v) is 13.3. The number of H-pyrrole nitrogens is 1. The average molecular weight is 319 g/mol. The molecule has 0 saturated heterocycles. The molecule has 0 spiro atoms. The lowest BCUT2D eigenvalue weighted by molar-refractivity contribution is -0.115. The first-order chi connectivity index (χ1) is 11.7. The Hall–Kier alpha value is -3.08. The van der Waals surface area contributed by atoms with Crippen LogP contribution in [0.1, 0.15) is 28.4 Å². The predicted molar refractivity (Wildman–Crippen MR) is 94.4 cm³/mol. The second-order valence-electron chi connectivity index (χ2n) is 5.95. The molecule has 0 aliphatic carbocycles. The Bertz CT molecular complexity index is 972. The number of benzene rings is 2. The molecule has 1 aliphatic heterocycles. The smallest absolute Gasteiger partial charge is 0.257 e. The highest BCUT2D eigenvalue weighted by molar-refractivity contribution is 6.13. The summed E-state index contributed by atoms with van der Waals surface area (Å²) in [5.41, 5.74) is 5.20. The van der Waals surface area contributed by atoms with Crippen LogP contribution in [0.2, 0.25) is 0 Å². The van der Waals surface area contributed by atoms with Crippen molar-refractivity contribution in [2.75, 3.05) is 10.6 Å². The van der Waals surface area contributed by atoms with Crippen molar-refractivity contribution < 1.29 is 9.59 Å². The maximum absolute atomic E-state index is 12.6. The van der Waals surface area contributed by atoms with Gasteiger partial charge in [0.15, 0.2) is 0 Å². The third kappa shape index (κ3) is 2.34. The summed E-state index contributed by atoms with van der Waals surface area (Å²) < 4.78 is 0. The number of amides is 2. The van der Waals surface area contributed by atoms with E-state index in [-0.39, 0.29) is 11.8 Å². The molecule has 1 aromatic heterocycles. The number of para-hydroxylation sites is 1. The molecule has 2 heterocycles. The van der Waals surface area contributed by atoms with E-state index in [1.165, 1.54) is 5.56 Å². The molecule has 0 atom stereocenters. The van der Waals surface area contributed by atoms with Crippen LogP contribution in [0, 0.1) is 0 Å².